The maximum absolute atomic E-state index is 11.8. The molecule has 0 saturated carbocycles. The van der Waals surface area contributed by atoms with Crippen molar-refractivity contribution < 1.29 is 9.21 Å². The Morgan fingerprint density at radius 2 is 2.13 bits per heavy atom. The zero-order valence-corrected chi connectivity index (χ0v) is 12.9. The van der Waals surface area contributed by atoms with Crippen molar-refractivity contribution in [3.8, 4) is 0 Å². The van der Waals surface area contributed by atoms with Crippen LogP contribution in [0.5, 0.6) is 0 Å². The SMILES string of the molecule is O=C(/C=C/c1ccco1)Nc1nc(SCc2ccccc2)n[nH]1. The van der Waals surface area contributed by atoms with E-state index in [-0.39, 0.29) is 5.91 Å². The number of H-pyrrole nitrogens is 1. The van der Waals surface area contributed by atoms with Crippen LogP contribution in [0.15, 0.2) is 64.4 Å². The van der Waals surface area contributed by atoms with Crippen molar-refractivity contribution in [2.24, 2.45) is 0 Å². The fraction of sp³-hybridized carbons (Fsp3) is 0.0625. The minimum atomic E-state index is -0.308. The molecule has 1 aromatic carbocycles. The van der Waals surface area contributed by atoms with E-state index in [9.17, 15) is 4.79 Å². The van der Waals surface area contributed by atoms with Gasteiger partial charge < -0.3 is 4.42 Å². The lowest BCUT2D eigenvalue weighted by Crippen LogP contribution is -2.08. The molecular weight excluding hydrogens is 312 g/mol. The molecule has 3 aromatic rings. The van der Waals surface area contributed by atoms with Gasteiger partial charge in [-0.05, 0) is 23.8 Å². The first-order chi connectivity index (χ1) is 11.3. The van der Waals surface area contributed by atoms with Crippen LogP contribution < -0.4 is 5.32 Å². The molecule has 0 fully saturated rings. The van der Waals surface area contributed by atoms with Crippen molar-refractivity contribution in [1.82, 2.24) is 15.2 Å². The molecule has 2 N–H and O–H groups in total. The highest BCUT2D eigenvalue weighted by Gasteiger charge is 2.06. The van der Waals surface area contributed by atoms with Gasteiger partial charge in [-0.3, -0.25) is 10.1 Å². The van der Waals surface area contributed by atoms with Gasteiger partial charge in [-0.2, -0.15) is 4.98 Å². The first-order valence-electron chi connectivity index (χ1n) is 6.91. The van der Waals surface area contributed by atoms with Crippen molar-refractivity contribution in [2.45, 2.75) is 10.9 Å². The molecule has 0 saturated heterocycles. The molecule has 2 aromatic heterocycles. The first kappa shape index (κ1) is 15.1. The third-order valence-electron chi connectivity index (χ3n) is 2.86. The Hall–Kier alpha value is -2.80. The molecule has 0 radical (unpaired) electrons. The van der Waals surface area contributed by atoms with Crippen LogP contribution in [0, 0.1) is 0 Å². The fourth-order valence-electron chi connectivity index (χ4n) is 1.79. The van der Waals surface area contributed by atoms with Crippen LogP contribution in [0.4, 0.5) is 5.95 Å². The van der Waals surface area contributed by atoms with Crippen molar-refractivity contribution >= 4 is 29.7 Å². The summed E-state index contributed by atoms with van der Waals surface area (Å²) in [6, 6.07) is 13.6. The number of carbonyl (C=O) groups excluding carboxylic acids is 1. The number of anilines is 1. The van der Waals surface area contributed by atoms with Gasteiger partial charge in [0.15, 0.2) is 0 Å². The second-order valence-electron chi connectivity index (χ2n) is 4.58. The predicted octanol–water partition coefficient (Wildman–Crippen LogP) is 3.34. The second kappa shape index (κ2) is 7.46. The summed E-state index contributed by atoms with van der Waals surface area (Å²) in [6.07, 6.45) is 4.50. The predicted molar refractivity (Wildman–Crippen MR) is 88.8 cm³/mol. The van der Waals surface area contributed by atoms with E-state index in [2.05, 4.69) is 20.5 Å². The van der Waals surface area contributed by atoms with E-state index in [0.717, 1.165) is 5.75 Å². The van der Waals surface area contributed by atoms with Gasteiger partial charge in [0, 0.05) is 11.8 Å². The summed E-state index contributed by atoms with van der Waals surface area (Å²) < 4.78 is 5.11. The maximum atomic E-state index is 11.8. The van der Waals surface area contributed by atoms with Crippen LogP contribution in [0.25, 0.3) is 6.08 Å². The Morgan fingerprint density at radius 3 is 2.91 bits per heavy atom. The van der Waals surface area contributed by atoms with Crippen molar-refractivity contribution in [3.63, 3.8) is 0 Å². The van der Waals surface area contributed by atoms with Crippen molar-refractivity contribution in [2.75, 3.05) is 5.32 Å². The molecule has 0 aliphatic rings. The lowest BCUT2D eigenvalue weighted by Gasteiger charge is -1.97. The van der Waals surface area contributed by atoms with E-state index < -0.39 is 0 Å². The highest BCUT2D eigenvalue weighted by Crippen LogP contribution is 2.19. The summed E-state index contributed by atoms with van der Waals surface area (Å²) in [4.78, 5) is 16.0. The number of aromatic nitrogens is 3. The summed E-state index contributed by atoms with van der Waals surface area (Å²) >= 11 is 1.50. The standard InChI is InChI=1S/C16H14N4O2S/c21-14(9-8-13-7-4-10-22-13)17-15-18-16(20-19-15)23-11-12-5-2-1-3-6-12/h1-10H,11H2,(H2,17,18,19,20,21)/b9-8+. The van der Waals surface area contributed by atoms with Crippen molar-refractivity contribution in [1.29, 1.82) is 0 Å². The van der Waals surface area contributed by atoms with Gasteiger partial charge in [-0.15, -0.1) is 5.10 Å². The average molecular weight is 326 g/mol. The molecule has 0 bridgehead atoms. The monoisotopic (exact) mass is 326 g/mol. The Kier molecular flexibility index (Phi) is 4.90. The van der Waals surface area contributed by atoms with E-state index in [1.54, 1.807) is 24.5 Å². The molecule has 0 aliphatic carbocycles. The largest absolute Gasteiger partial charge is 0.465 e. The number of hydrogen-bond donors (Lipinski definition) is 2. The molecule has 2 heterocycles. The zero-order valence-electron chi connectivity index (χ0n) is 12.1. The van der Waals surface area contributed by atoms with Crippen LogP contribution in [-0.4, -0.2) is 21.1 Å². The van der Waals surface area contributed by atoms with Crippen LogP contribution in [-0.2, 0) is 10.5 Å². The van der Waals surface area contributed by atoms with Gasteiger partial charge in [0.05, 0.1) is 6.26 Å². The number of rotatable bonds is 6. The molecule has 6 nitrogen and oxygen atoms in total. The minimum absolute atomic E-state index is 0.308. The zero-order chi connectivity index (χ0) is 15.9. The van der Waals surface area contributed by atoms with Gasteiger partial charge in [-0.1, -0.05) is 42.1 Å². The highest BCUT2D eigenvalue weighted by molar-refractivity contribution is 7.98. The summed E-state index contributed by atoms with van der Waals surface area (Å²) in [5.41, 5.74) is 1.19. The molecule has 0 aliphatic heterocycles. The number of hydrogen-bond acceptors (Lipinski definition) is 5. The van der Waals surface area contributed by atoms with Crippen LogP contribution in [0.3, 0.4) is 0 Å². The van der Waals surface area contributed by atoms with Crippen molar-refractivity contribution in [3.05, 3.63) is 66.1 Å². The number of aromatic amines is 1. The normalized spacial score (nSPS) is 11.0. The van der Waals surface area contributed by atoms with Crippen LogP contribution in [0.1, 0.15) is 11.3 Å². The molecule has 1 amide bonds. The number of amides is 1. The molecule has 0 unspecified atom stereocenters. The Labute approximate surface area is 137 Å². The third-order valence-corrected chi connectivity index (χ3v) is 3.78. The Bertz CT molecular complexity index is 782. The minimum Gasteiger partial charge on any atom is -0.465 e. The van der Waals surface area contributed by atoms with Gasteiger partial charge in [0.2, 0.25) is 11.1 Å². The van der Waals surface area contributed by atoms with E-state index in [4.69, 9.17) is 4.42 Å². The topological polar surface area (TPSA) is 83.8 Å². The number of furan rings is 1. The molecule has 3 rings (SSSR count). The van der Waals surface area contributed by atoms with Gasteiger partial charge in [-0.25, -0.2) is 5.10 Å². The fourth-order valence-corrected chi connectivity index (χ4v) is 2.55. The van der Waals surface area contributed by atoms with E-state index in [1.807, 2.05) is 30.3 Å². The van der Waals surface area contributed by atoms with E-state index >= 15 is 0 Å². The molecule has 7 heteroatoms. The quantitative estimate of drug-likeness (QED) is 0.536. The molecule has 0 atom stereocenters. The molecule has 23 heavy (non-hydrogen) atoms. The Morgan fingerprint density at radius 1 is 1.26 bits per heavy atom. The summed E-state index contributed by atoms with van der Waals surface area (Å²) in [6.45, 7) is 0. The van der Waals surface area contributed by atoms with Gasteiger partial charge in [0.1, 0.15) is 5.76 Å². The van der Waals surface area contributed by atoms with E-state index in [1.165, 1.54) is 23.4 Å². The van der Waals surface area contributed by atoms with Crippen LogP contribution >= 0.6 is 11.8 Å². The summed E-state index contributed by atoms with van der Waals surface area (Å²) in [5, 5.41) is 9.95. The number of nitrogens with one attached hydrogen (secondary N) is 2. The highest BCUT2D eigenvalue weighted by atomic mass is 32.2. The third kappa shape index (κ3) is 4.58. The number of carbonyl (C=O) groups is 1. The average Bonchev–Trinajstić information content (AvgIpc) is 3.24. The maximum Gasteiger partial charge on any atom is 0.250 e. The number of benzene rings is 1. The Balaban J connectivity index is 1.51. The molecule has 116 valence electrons. The van der Waals surface area contributed by atoms with Gasteiger partial charge in [0.25, 0.3) is 5.91 Å². The first-order valence-corrected chi connectivity index (χ1v) is 7.90. The summed E-state index contributed by atoms with van der Waals surface area (Å²) in [5.74, 6) is 1.38. The lowest BCUT2D eigenvalue weighted by atomic mass is 10.2. The van der Waals surface area contributed by atoms with Gasteiger partial charge >= 0.3 is 0 Å². The molecule has 0 spiro atoms. The van der Waals surface area contributed by atoms with Crippen LogP contribution in [0.2, 0.25) is 0 Å². The number of thioether (sulfide) groups is 1. The number of nitrogens with zero attached hydrogens (tertiary/aromatic N) is 2. The van der Waals surface area contributed by atoms with E-state index in [0.29, 0.717) is 16.9 Å². The second-order valence-corrected chi connectivity index (χ2v) is 5.52. The summed E-state index contributed by atoms with van der Waals surface area (Å²) in [7, 11) is 0. The molecular formula is C16H14N4O2S. The smallest absolute Gasteiger partial charge is 0.250 e. The lowest BCUT2D eigenvalue weighted by molar-refractivity contribution is -0.111.